The third kappa shape index (κ3) is 5.30. The molecule has 0 radical (unpaired) electrons. The smallest absolute Gasteiger partial charge is 0.166 e. The second-order valence-electron chi connectivity index (χ2n) is 15.2. The van der Waals surface area contributed by atoms with E-state index in [4.69, 9.17) is 15.0 Å². The van der Waals surface area contributed by atoms with Crippen molar-refractivity contribution >= 4 is 54.4 Å². The van der Waals surface area contributed by atoms with Gasteiger partial charge in [0.1, 0.15) is 0 Å². The second-order valence-corrected chi connectivity index (χ2v) is 15.2. The fraction of sp³-hybridized carbons (Fsp3) is 0. The van der Waals surface area contributed by atoms with Crippen molar-refractivity contribution in [2.75, 3.05) is 0 Å². The Hall–Kier alpha value is -8.15. The molecule has 3 heterocycles. The lowest BCUT2D eigenvalue weighted by molar-refractivity contribution is 1.07. The van der Waals surface area contributed by atoms with E-state index in [1.54, 1.807) is 0 Å². The van der Waals surface area contributed by atoms with Crippen LogP contribution in [0, 0.1) is 0 Å². The first-order valence-electron chi connectivity index (χ1n) is 20.3. The molecule has 12 rings (SSSR count). The van der Waals surface area contributed by atoms with E-state index in [1.165, 1.54) is 21.5 Å². The van der Waals surface area contributed by atoms with Crippen LogP contribution in [0.1, 0.15) is 0 Å². The number of aromatic nitrogens is 5. The zero-order valence-corrected chi connectivity index (χ0v) is 32.4. The highest BCUT2D eigenvalue weighted by Gasteiger charge is 2.24. The summed E-state index contributed by atoms with van der Waals surface area (Å²) in [6.45, 7) is 0. The minimum absolute atomic E-state index is 0.609. The maximum Gasteiger partial charge on any atom is 0.166 e. The zero-order valence-electron chi connectivity index (χ0n) is 32.4. The molecule has 0 fully saturated rings. The molecule has 3 aromatic heterocycles. The number of nitrogens with zero attached hydrogens (tertiary/aromatic N) is 5. The summed E-state index contributed by atoms with van der Waals surface area (Å²) in [7, 11) is 0. The van der Waals surface area contributed by atoms with Crippen molar-refractivity contribution in [3.63, 3.8) is 0 Å². The molecule has 12 aromatic rings. The normalized spacial score (nSPS) is 11.7. The summed E-state index contributed by atoms with van der Waals surface area (Å²) < 4.78 is 4.90. The lowest BCUT2D eigenvalue weighted by Gasteiger charge is -2.17. The van der Waals surface area contributed by atoms with Gasteiger partial charge in [-0.25, -0.2) is 15.0 Å². The highest BCUT2D eigenvalue weighted by molar-refractivity contribution is 6.17. The minimum atomic E-state index is 0.609. The van der Waals surface area contributed by atoms with Gasteiger partial charge in [0, 0.05) is 43.6 Å². The average Bonchev–Trinajstić information content (AvgIpc) is 3.85. The van der Waals surface area contributed by atoms with Gasteiger partial charge in [0.15, 0.2) is 17.5 Å². The van der Waals surface area contributed by atoms with Gasteiger partial charge in [0.05, 0.1) is 33.4 Å². The van der Waals surface area contributed by atoms with Gasteiger partial charge in [-0.3, -0.25) is 0 Å². The Morgan fingerprint density at radius 2 is 0.717 bits per heavy atom. The molecule has 0 spiro atoms. The molecule has 280 valence electrons. The van der Waals surface area contributed by atoms with E-state index in [-0.39, 0.29) is 0 Å². The molecule has 0 amide bonds. The highest BCUT2D eigenvalue weighted by Crippen LogP contribution is 2.43. The molecule has 0 unspecified atom stereocenters. The monoisotopic (exact) mass is 765 g/mol. The second kappa shape index (κ2) is 13.8. The SMILES string of the molecule is c1ccc(-c2nc(-c3ccccc3-c3ccccc3)nc(-c3cccc4c5ccccc5n(-c5cccc6c7ccccc7n(-c7cccc8ccccc78)c56)c34)n2)cc1. The fourth-order valence-electron chi connectivity index (χ4n) is 9.16. The lowest BCUT2D eigenvalue weighted by Crippen LogP contribution is -2.04. The van der Waals surface area contributed by atoms with Crippen LogP contribution < -0.4 is 0 Å². The first-order valence-corrected chi connectivity index (χ1v) is 20.3. The number of benzene rings is 9. The van der Waals surface area contributed by atoms with Crippen molar-refractivity contribution in [3.05, 3.63) is 212 Å². The predicted molar refractivity (Wildman–Crippen MR) is 248 cm³/mol. The third-order valence-electron chi connectivity index (χ3n) is 11.8. The van der Waals surface area contributed by atoms with Gasteiger partial charge in [-0.05, 0) is 46.8 Å². The summed E-state index contributed by atoms with van der Waals surface area (Å²) in [5, 5.41) is 7.07. The molecule has 5 heteroatoms. The Morgan fingerprint density at radius 3 is 1.45 bits per heavy atom. The largest absolute Gasteiger partial charge is 0.307 e. The average molecular weight is 766 g/mol. The molecule has 0 saturated heterocycles. The Morgan fingerprint density at radius 1 is 0.267 bits per heavy atom. The fourth-order valence-corrected chi connectivity index (χ4v) is 9.16. The van der Waals surface area contributed by atoms with Crippen molar-refractivity contribution in [1.82, 2.24) is 24.1 Å². The minimum Gasteiger partial charge on any atom is -0.307 e. The molecule has 0 bridgehead atoms. The van der Waals surface area contributed by atoms with Crippen LogP contribution in [0.5, 0.6) is 0 Å². The zero-order chi connectivity index (χ0) is 39.6. The quantitative estimate of drug-likeness (QED) is 0.169. The summed E-state index contributed by atoms with van der Waals surface area (Å²) in [4.78, 5) is 15.9. The first-order chi connectivity index (χ1) is 29.8. The number of hydrogen-bond donors (Lipinski definition) is 0. The van der Waals surface area contributed by atoms with Crippen LogP contribution in [0.4, 0.5) is 0 Å². The number of fused-ring (bicyclic) bond motifs is 7. The van der Waals surface area contributed by atoms with Gasteiger partial charge in [-0.2, -0.15) is 0 Å². The van der Waals surface area contributed by atoms with Crippen molar-refractivity contribution < 1.29 is 0 Å². The third-order valence-corrected chi connectivity index (χ3v) is 11.8. The van der Waals surface area contributed by atoms with Crippen molar-refractivity contribution in [2.45, 2.75) is 0 Å². The van der Waals surface area contributed by atoms with Crippen LogP contribution >= 0.6 is 0 Å². The van der Waals surface area contributed by atoms with E-state index in [1.807, 2.05) is 24.3 Å². The summed E-state index contributed by atoms with van der Waals surface area (Å²) in [6.07, 6.45) is 0. The molecule has 0 aliphatic heterocycles. The molecule has 60 heavy (non-hydrogen) atoms. The topological polar surface area (TPSA) is 48.5 Å². The Kier molecular flexibility index (Phi) is 7.78. The summed E-state index contributed by atoms with van der Waals surface area (Å²) in [5.74, 6) is 1.85. The van der Waals surface area contributed by atoms with Crippen LogP contribution in [0.15, 0.2) is 212 Å². The molecule has 0 N–H and O–H groups in total. The van der Waals surface area contributed by atoms with Gasteiger partial charge in [-0.1, -0.05) is 182 Å². The summed E-state index contributed by atoms with van der Waals surface area (Å²) >= 11 is 0. The van der Waals surface area contributed by atoms with Gasteiger partial charge < -0.3 is 9.13 Å². The van der Waals surface area contributed by atoms with E-state index in [9.17, 15) is 0 Å². The van der Waals surface area contributed by atoms with Gasteiger partial charge in [-0.15, -0.1) is 0 Å². The first kappa shape index (κ1) is 33.9. The van der Waals surface area contributed by atoms with Gasteiger partial charge in [0.25, 0.3) is 0 Å². The Balaban J connectivity index is 1.19. The predicted octanol–water partition coefficient (Wildman–Crippen LogP) is 13.9. The highest BCUT2D eigenvalue weighted by atomic mass is 15.1. The van der Waals surface area contributed by atoms with Gasteiger partial charge >= 0.3 is 0 Å². The molecular formula is C55H35N5. The summed E-state index contributed by atoms with van der Waals surface area (Å²) in [5.41, 5.74) is 11.6. The molecule has 0 saturated carbocycles. The van der Waals surface area contributed by atoms with E-state index in [0.717, 1.165) is 72.0 Å². The number of para-hydroxylation sites is 4. The van der Waals surface area contributed by atoms with Crippen molar-refractivity contribution in [3.8, 4) is 56.7 Å². The van der Waals surface area contributed by atoms with E-state index < -0.39 is 0 Å². The Labute approximate surface area is 346 Å². The molecular weight excluding hydrogens is 731 g/mol. The molecule has 0 aliphatic carbocycles. The standard InChI is InChI=1S/C55H35N5/c1-3-18-36(19-4-1)39-24-9-10-28-45(39)54-56-53(38-21-5-2-6-22-38)57-55(58-54)46-31-16-29-43-41-26-11-14-33-49(41)60(51(43)46)50-35-17-30-44-42-27-12-13-32-48(42)59(52(44)50)47-34-15-23-37-20-7-8-25-40(37)47/h1-35H. The Bertz CT molecular complexity index is 3600. The number of rotatable bonds is 6. The molecule has 0 aliphatic rings. The van der Waals surface area contributed by atoms with Crippen molar-refractivity contribution in [2.24, 2.45) is 0 Å². The van der Waals surface area contributed by atoms with Crippen LogP contribution in [-0.4, -0.2) is 24.1 Å². The van der Waals surface area contributed by atoms with Crippen LogP contribution in [0.25, 0.3) is 111 Å². The van der Waals surface area contributed by atoms with E-state index in [0.29, 0.717) is 17.5 Å². The van der Waals surface area contributed by atoms with Crippen molar-refractivity contribution in [1.29, 1.82) is 0 Å². The number of hydrogen-bond acceptors (Lipinski definition) is 3. The van der Waals surface area contributed by atoms with Crippen LogP contribution in [0.2, 0.25) is 0 Å². The van der Waals surface area contributed by atoms with Crippen LogP contribution in [0.3, 0.4) is 0 Å². The maximum absolute atomic E-state index is 5.40. The van der Waals surface area contributed by atoms with E-state index >= 15 is 0 Å². The summed E-state index contributed by atoms with van der Waals surface area (Å²) in [6, 6.07) is 75.0. The molecule has 5 nitrogen and oxygen atoms in total. The van der Waals surface area contributed by atoms with Gasteiger partial charge in [0.2, 0.25) is 0 Å². The lowest BCUT2D eigenvalue weighted by atomic mass is 9.99. The molecule has 9 aromatic carbocycles. The van der Waals surface area contributed by atoms with E-state index in [2.05, 4.69) is 197 Å². The molecule has 0 atom stereocenters. The van der Waals surface area contributed by atoms with Crippen LogP contribution in [-0.2, 0) is 0 Å². The maximum atomic E-state index is 5.40.